The van der Waals surface area contributed by atoms with Crippen LogP contribution in [0.25, 0.3) is 5.57 Å². The minimum Gasteiger partial charge on any atom is -0.488 e. The lowest BCUT2D eigenvalue weighted by Gasteiger charge is -2.42. The summed E-state index contributed by atoms with van der Waals surface area (Å²) in [6, 6.07) is 15.4. The fourth-order valence-electron chi connectivity index (χ4n) is 4.46. The van der Waals surface area contributed by atoms with E-state index in [9.17, 15) is 5.26 Å². The largest absolute Gasteiger partial charge is 0.488 e. The second-order valence-corrected chi connectivity index (χ2v) is 11.4. The molecule has 0 spiro atoms. The molecule has 0 fully saturated rings. The van der Waals surface area contributed by atoms with Gasteiger partial charge in [0.15, 0.2) is 0 Å². The van der Waals surface area contributed by atoms with E-state index in [2.05, 4.69) is 90.9 Å². The zero-order valence-electron chi connectivity index (χ0n) is 20.5. The Morgan fingerprint density at radius 1 is 1.00 bits per heavy atom. The van der Waals surface area contributed by atoms with Crippen molar-refractivity contribution < 1.29 is 4.74 Å². The first-order valence-electron chi connectivity index (χ1n) is 11.3. The summed E-state index contributed by atoms with van der Waals surface area (Å²) in [5.74, 6) is 0.869. The molecule has 2 nitrogen and oxygen atoms in total. The Kier molecular flexibility index (Phi) is 6.12. The number of nitriles is 1. The number of ether oxygens (including phenoxy) is 1. The number of hydrogen-bond donors (Lipinski definition) is 0. The van der Waals surface area contributed by atoms with Crippen molar-refractivity contribution in [3.63, 3.8) is 0 Å². The molecule has 0 unspecified atom stereocenters. The van der Waals surface area contributed by atoms with Gasteiger partial charge in [0.1, 0.15) is 12.4 Å². The molecule has 0 amide bonds. The molecule has 0 radical (unpaired) electrons. The molecule has 0 bridgehead atoms. The zero-order chi connectivity index (χ0) is 23.0. The van der Waals surface area contributed by atoms with Gasteiger partial charge in [0.2, 0.25) is 0 Å². The average Bonchev–Trinajstić information content (AvgIpc) is 2.69. The topological polar surface area (TPSA) is 33.0 Å². The normalized spacial score (nSPS) is 17.6. The van der Waals surface area contributed by atoms with E-state index >= 15 is 0 Å². The van der Waals surface area contributed by atoms with Crippen LogP contribution in [0.5, 0.6) is 5.75 Å². The highest BCUT2D eigenvalue weighted by atomic mass is 16.5. The number of allylic oxidation sites excluding steroid dienone is 2. The number of fused-ring (bicyclic) bond motifs is 1. The maximum atomic E-state index is 9.25. The second kappa shape index (κ2) is 8.19. The maximum absolute atomic E-state index is 9.25. The van der Waals surface area contributed by atoms with Gasteiger partial charge in [-0.25, -0.2) is 0 Å². The Morgan fingerprint density at radius 2 is 1.55 bits per heavy atom. The molecule has 0 N–H and O–H groups in total. The second-order valence-electron chi connectivity index (χ2n) is 11.4. The molecule has 31 heavy (non-hydrogen) atoms. The van der Waals surface area contributed by atoms with Crippen molar-refractivity contribution in [2.45, 2.75) is 91.1 Å². The van der Waals surface area contributed by atoms with Crippen molar-refractivity contribution in [1.29, 1.82) is 5.26 Å². The lowest BCUT2D eigenvalue weighted by molar-refractivity contribution is 0.298. The molecule has 2 heteroatoms. The first kappa shape index (κ1) is 23.1. The summed E-state index contributed by atoms with van der Waals surface area (Å²) < 4.78 is 6.39. The van der Waals surface area contributed by atoms with Gasteiger partial charge in [-0.15, -0.1) is 0 Å². The Morgan fingerprint density at radius 3 is 2.06 bits per heavy atom. The molecule has 0 atom stereocenters. The molecule has 1 aliphatic rings. The van der Waals surface area contributed by atoms with Crippen LogP contribution in [0.3, 0.4) is 0 Å². The first-order valence-corrected chi connectivity index (χ1v) is 11.3. The highest BCUT2D eigenvalue weighted by molar-refractivity contribution is 5.73. The van der Waals surface area contributed by atoms with Gasteiger partial charge in [0.05, 0.1) is 6.07 Å². The average molecular weight is 416 g/mol. The molecule has 0 saturated carbocycles. The Hall–Kier alpha value is -2.53. The van der Waals surface area contributed by atoms with Gasteiger partial charge in [-0.3, -0.25) is 0 Å². The highest BCUT2D eigenvalue weighted by Crippen LogP contribution is 2.48. The summed E-state index contributed by atoms with van der Waals surface area (Å²) in [4.78, 5) is 0. The standard InChI is InChI=1S/C29H37NO/c1-20(13-16-30)23-17-24-25(29(7,8)15-14-28(24,5)6)18-26(23)31-19-21-9-11-22(12-10-21)27(2,3)4/h9-13,17-18H,14-15,19H2,1-8H3. The van der Waals surface area contributed by atoms with Crippen LogP contribution in [0.4, 0.5) is 0 Å². The minimum atomic E-state index is 0.114. The number of rotatable bonds is 4. The van der Waals surface area contributed by atoms with Gasteiger partial charge in [-0.2, -0.15) is 5.26 Å². The van der Waals surface area contributed by atoms with E-state index in [1.165, 1.54) is 16.7 Å². The third-order valence-electron chi connectivity index (χ3n) is 6.87. The van der Waals surface area contributed by atoms with Crippen molar-refractivity contribution >= 4 is 5.57 Å². The van der Waals surface area contributed by atoms with Crippen molar-refractivity contribution in [3.8, 4) is 11.8 Å². The summed E-state index contributed by atoms with van der Waals surface area (Å²) in [5.41, 5.74) is 7.57. The monoisotopic (exact) mass is 415 g/mol. The molecule has 2 aromatic rings. The number of nitrogens with zero attached hydrogens (tertiary/aromatic N) is 1. The van der Waals surface area contributed by atoms with E-state index in [1.54, 1.807) is 6.08 Å². The fraction of sp³-hybridized carbons (Fsp3) is 0.483. The van der Waals surface area contributed by atoms with Gasteiger partial charge in [0.25, 0.3) is 0 Å². The molecule has 0 aliphatic heterocycles. The Balaban J connectivity index is 2.01. The molecular formula is C29H37NO. The molecule has 1 aliphatic carbocycles. The van der Waals surface area contributed by atoms with Crippen LogP contribution in [0, 0.1) is 11.3 Å². The number of benzene rings is 2. The Labute approximate surface area is 189 Å². The van der Waals surface area contributed by atoms with Crippen LogP contribution in [-0.2, 0) is 22.9 Å². The molecular weight excluding hydrogens is 378 g/mol. The van der Waals surface area contributed by atoms with E-state index in [-0.39, 0.29) is 16.2 Å². The lowest BCUT2D eigenvalue weighted by atomic mass is 9.62. The highest BCUT2D eigenvalue weighted by Gasteiger charge is 2.38. The van der Waals surface area contributed by atoms with E-state index in [4.69, 9.17) is 4.74 Å². The molecule has 0 saturated heterocycles. The van der Waals surface area contributed by atoms with E-state index in [1.807, 2.05) is 6.92 Å². The maximum Gasteiger partial charge on any atom is 0.127 e. The molecule has 0 aromatic heterocycles. The van der Waals surface area contributed by atoms with Gasteiger partial charge >= 0.3 is 0 Å². The van der Waals surface area contributed by atoms with Crippen LogP contribution in [0.2, 0.25) is 0 Å². The van der Waals surface area contributed by atoms with Gasteiger partial charge in [-0.1, -0.05) is 72.7 Å². The SMILES string of the molecule is CC(=CC#N)c1cc2c(cc1OCc1ccc(C(C)(C)C)cc1)C(C)(C)CCC2(C)C. The summed E-state index contributed by atoms with van der Waals surface area (Å²) in [7, 11) is 0. The van der Waals surface area contributed by atoms with Crippen LogP contribution in [0.1, 0.15) is 96.0 Å². The van der Waals surface area contributed by atoms with Crippen molar-refractivity contribution in [2.24, 2.45) is 0 Å². The Bertz CT molecular complexity index is 1020. The summed E-state index contributed by atoms with van der Waals surface area (Å²) in [5, 5.41) is 9.25. The quantitative estimate of drug-likeness (QED) is 0.476. The van der Waals surface area contributed by atoms with Gasteiger partial charge in [-0.05, 0) is 76.0 Å². The van der Waals surface area contributed by atoms with Gasteiger partial charge < -0.3 is 4.74 Å². The fourth-order valence-corrected chi connectivity index (χ4v) is 4.46. The molecule has 0 heterocycles. The smallest absolute Gasteiger partial charge is 0.127 e. The first-order chi connectivity index (χ1) is 14.3. The van der Waals surface area contributed by atoms with Crippen LogP contribution >= 0.6 is 0 Å². The third-order valence-corrected chi connectivity index (χ3v) is 6.87. The minimum absolute atomic E-state index is 0.114. The predicted octanol–water partition coefficient (Wildman–Crippen LogP) is 7.84. The van der Waals surface area contributed by atoms with Crippen LogP contribution in [-0.4, -0.2) is 0 Å². The van der Waals surface area contributed by atoms with E-state index in [0.717, 1.165) is 35.3 Å². The van der Waals surface area contributed by atoms with E-state index < -0.39 is 0 Å². The summed E-state index contributed by atoms with van der Waals surface area (Å²) >= 11 is 0. The number of hydrogen-bond acceptors (Lipinski definition) is 2. The van der Waals surface area contributed by atoms with Crippen LogP contribution in [0.15, 0.2) is 42.5 Å². The lowest BCUT2D eigenvalue weighted by Crippen LogP contribution is -2.34. The van der Waals surface area contributed by atoms with Gasteiger partial charge in [0, 0.05) is 11.6 Å². The third kappa shape index (κ3) is 4.87. The summed E-state index contributed by atoms with van der Waals surface area (Å²) in [6.45, 7) is 18.5. The molecule has 2 aromatic carbocycles. The van der Waals surface area contributed by atoms with Crippen molar-refractivity contribution in [3.05, 3.63) is 70.3 Å². The summed E-state index contributed by atoms with van der Waals surface area (Å²) in [6.07, 6.45) is 3.94. The molecule has 3 rings (SSSR count). The zero-order valence-corrected chi connectivity index (χ0v) is 20.5. The molecule has 164 valence electrons. The van der Waals surface area contributed by atoms with Crippen LogP contribution < -0.4 is 4.74 Å². The van der Waals surface area contributed by atoms with Crippen molar-refractivity contribution in [1.82, 2.24) is 0 Å². The van der Waals surface area contributed by atoms with E-state index in [0.29, 0.717) is 6.61 Å². The van der Waals surface area contributed by atoms with Crippen molar-refractivity contribution in [2.75, 3.05) is 0 Å². The predicted molar refractivity (Wildman–Crippen MR) is 130 cm³/mol.